The SMILES string of the molecule is CCNC(=O)NC(=O)CN1CCCNCC1.Cl. The average molecular weight is 265 g/mol. The van der Waals surface area contributed by atoms with E-state index in [4.69, 9.17) is 0 Å². The van der Waals surface area contributed by atoms with Gasteiger partial charge in [-0.3, -0.25) is 15.0 Å². The Morgan fingerprint density at radius 1 is 1.29 bits per heavy atom. The molecule has 3 N–H and O–H groups in total. The Bertz CT molecular complexity index is 242. The third kappa shape index (κ3) is 7.14. The summed E-state index contributed by atoms with van der Waals surface area (Å²) in [4.78, 5) is 24.6. The number of rotatable bonds is 3. The maximum atomic E-state index is 11.5. The Morgan fingerprint density at radius 2 is 2.06 bits per heavy atom. The zero-order valence-corrected chi connectivity index (χ0v) is 10.9. The van der Waals surface area contributed by atoms with Crippen molar-refractivity contribution in [2.75, 3.05) is 39.3 Å². The van der Waals surface area contributed by atoms with Crippen LogP contribution in [0.4, 0.5) is 4.79 Å². The first-order valence-corrected chi connectivity index (χ1v) is 5.73. The van der Waals surface area contributed by atoms with Crippen molar-refractivity contribution >= 4 is 24.3 Å². The highest BCUT2D eigenvalue weighted by molar-refractivity contribution is 5.95. The number of nitrogens with zero attached hydrogens (tertiary/aromatic N) is 1. The second kappa shape index (κ2) is 9.21. The second-order valence-electron chi connectivity index (χ2n) is 3.79. The number of nitrogens with one attached hydrogen (secondary N) is 3. The van der Waals surface area contributed by atoms with Gasteiger partial charge in [-0.1, -0.05) is 0 Å². The van der Waals surface area contributed by atoms with E-state index >= 15 is 0 Å². The van der Waals surface area contributed by atoms with E-state index < -0.39 is 6.03 Å². The predicted octanol–water partition coefficient (Wildman–Crippen LogP) is -0.451. The molecule has 17 heavy (non-hydrogen) atoms. The molecule has 0 atom stereocenters. The van der Waals surface area contributed by atoms with Crippen molar-refractivity contribution in [3.63, 3.8) is 0 Å². The molecule has 6 nitrogen and oxygen atoms in total. The third-order valence-corrected chi connectivity index (χ3v) is 2.39. The van der Waals surface area contributed by atoms with Gasteiger partial charge in [0, 0.05) is 19.6 Å². The number of amides is 3. The minimum atomic E-state index is -0.416. The highest BCUT2D eigenvalue weighted by Gasteiger charge is 2.13. The molecule has 0 aliphatic carbocycles. The zero-order valence-electron chi connectivity index (χ0n) is 10.1. The summed E-state index contributed by atoms with van der Waals surface area (Å²) in [5.41, 5.74) is 0. The van der Waals surface area contributed by atoms with Gasteiger partial charge in [-0.2, -0.15) is 0 Å². The molecule has 1 heterocycles. The van der Waals surface area contributed by atoms with Crippen LogP contribution in [-0.2, 0) is 4.79 Å². The highest BCUT2D eigenvalue weighted by atomic mass is 35.5. The number of halogens is 1. The Kier molecular flexibility index (Phi) is 8.75. The van der Waals surface area contributed by atoms with Crippen LogP contribution in [0.15, 0.2) is 0 Å². The standard InChI is InChI=1S/C10H20N4O2.ClH/c1-2-12-10(16)13-9(15)8-14-6-3-4-11-5-7-14;/h11H,2-8H2,1H3,(H2,12,13,15,16);1H. The molecule has 0 aromatic rings. The highest BCUT2D eigenvalue weighted by Crippen LogP contribution is 1.94. The van der Waals surface area contributed by atoms with Crippen molar-refractivity contribution in [1.82, 2.24) is 20.9 Å². The first-order chi connectivity index (χ1) is 7.72. The van der Waals surface area contributed by atoms with Gasteiger partial charge in [-0.25, -0.2) is 4.79 Å². The second-order valence-corrected chi connectivity index (χ2v) is 3.79. The fraction of sp³-hybridized carbons (Fsp3) is 0.800. The lowest BCUT2D eigenvalue weighted by Gasteiger charge is -2.18. The Labute approximate surface area is 108 Å². The molecule has 0 aromatic carbocycles. The molecule has 0 spiro atoms. The van der Waals surface area contributed by atoms with Crippen molar-refractivity contribution in [3.05, 3.63) is 0 Å². The molecule has 1 fully saturated rings. The summed E-state index contributed by atoms with van der Waals surface area (Å²) in [6, 6.07) is -0.416. The van der Waals surface area contributed by atoms with E-state index in [0.717, 1.165) is 32.6 Å². The Hall–Kier alpha value is -0.850. The predicted molar refractivity (Wildman–Crippen MR) is 68.4 cm³/mol. The molecule has 1 rings (SSSR count). The van der Waals surface area contributed by atoms with Gasteiger partial charge in [0.15, 0.2) is 0 Å². The monoisotopic (exact) mass is 264 g/mol. The third-order valence-electron chi connectivity index (χ3n) is 2.39. The van der Waals surface area contributed by atoms with Crippen LogP contribution in [-0.4, -0.2) is 56.1 Å². The summed E-state index contributed by atoms with van der Waals surface area (Å²) in [5, 5.41) is 8.08. The van der Waals surface area contributed by atoms with E-state index in [1.165, 1.54) is 0 Å². The Morgan fingerprint density at radius 3 is 2.76 bits per heavy atom. The van der Waals surface area contributed by atoms with Gasteiger partial charge in [-0.05, 0) is 26.4 Å². The smallest absolute Gasteiger partial charge is 0.321 e. The molecule has 0 bridgehead atoms. The summed E-state index contributed by atoms with van der Waals surface area (Å²) in [5.74, 6) is -0.243. The van der Waals surface area contributed by atoms with Gasteiger partial charge in [0.25, 0.3) is 0 Å². The number of hydrogen-bond acceptors (Lipinski definition) is 4. The topological polar surface area (TPSA) is 73.5 Å². The summed E-state index contributed by atoms with van der Waals surface area (Å²) >= 11 is 0. The summed E-state index contributed by atoms with van der Waals surface area (Å²) < 4.78 is 0. The number of carbonyl (C=O) groups is 2. The summed E-state index contributed by atoms with van der Waals surface area (Å²) in [6.45, 7) is 6.26. The quantitative estimate of drug-likeness (QED) is 0.646. The Balaban J connectivity index is 0.00000256. The molecule has 0 saturated carbocycles. The number of carbonyl (C=O) groups excluding carboxylic acids is 2. The van der Waals surface area contributed by atoms with Crippen LogP contribution in [0, 0.1) is 0 Å². The van der Waals surface area contributed by atoms with Crippen molar-refractivity contribution in [2.45, 2.75) is 13.3 Å². The lowest BCUT2D eigenvalue weighted by atomic mass is 10.4. The molecule has 100 valence electrons. The molecular formula is C10H21ClN4O2. The first-order valence-electron chi connectivity index (χ1n) is 5.73. The van der Waals surface area contributed by atoms with E-state index in [1.54, 1.807) is 0 Å². The van der Waals surface area contributed by atoms with E-state index in [0.29, 0.717) is 13.1 Å². The fourth-order valence-corrected chi connectivity index (χ4v) is 1.63. The molecule has 3 amide bonds. The van der Waals surface area contributed by atoms with Gasteiger partial charge < -0.3 is 10.6 Å². The minimum absolute atomic E-state index is 0. The van der Waals surface area contributed by atoms with Crippen LogP contribution in [0.25, 0.3) is 0 Å². The van der Waals surface area contributed by atoms with Crippen LogP contribution in [0.5, 0.6) is 0 Å². The van der Waals surface area contributed by atoms with E-state index in [-0.39, 0.29) is 18.3 Å². The fourth-order valence-electron chi connectivity index (χ4n) is 1.63. The van der Waals surface area contributed by atoms with Crippen molar-refractivity contribution in [1.29, 1.82) is 0 Å². The number of imide groups is 1. The molecule has 0 aromatic heterocycles. The molecule has 1 saturated heterocycles. The average Bonchev–Trinajstić information content (AvgIpc) is 2.46. The lowest BCUT2D eigenvalue weighted by Crippen LogP contribution is -2.45. The molecule has 1 aliphatic heterocycles. The van der Waals surface area contributed by atoms with E-state index in [2.05, 4.69) is 20.9 Å². The van der Waals surface area contributed by atoms with Crippen LogP contribution >= 0.6 is 12.4 Å². The van der Waals surface area contributed by atoms with E-state index in [1.807, 2.05) is 6.92 Å². The molecule has 1 aliphatic rings. The van der Waals surface area contributed by atoms with Crippen LogP contribution in [0.1, 0.15) is 13.3 Å². The van der Waals surface area contributed by atoms with Gasteiger partial charge in [-0.15, -0.1) is 12.4 Å². The van der Waals surface area contributed by atoms with Crippen LogP contribution in [0.3, 0.4) is 0 Å². The summed E-state index contributed by atoms with van der Waals surface area (Å²) in [6.07, 6.45) is 1.04. The maximum Gasteiger partial charge on any atom is 0.321 e. The van der Waals surface area contributed by atoms with E-state index in [9.17, 15) is 9.59 Å². The van der Waals surface area contributed by atoms with Gasteiger partial charge in [0.1, 0.15) is 0 Å². The van der Waals surface area contributed by atoms with Crippen molar-refractivity contribution < 1.29 is 9.59 Å². The lowest BCUT2D eigenvalue weighted by molar-refractivity contribution is -0.121. The van der Waals surface area contributed by atoms with Gasteiger partial charge in [0.05, 0.1) is 6.54 Å². The maximum absolute atomic E-state index is 11.5. The molecular weight excluding hydrogens is 244 g/mol. The molecule has 0 radical (unpaired) electrons. The normalized spacial score (nSPS) is 16.5. The zero-order chi connectivity index (χ0) is 11.8. The van der Waals surface area contributed by atoms with Gasteiger partial charge >= 0.3 is 6.03 Å². The molecule has 0 unspecified atom stereocenters. The number of urea groups is 1. The largest absolute Gasteiger partial charge is 0.338 e. The summed E-state index contributed by atoms with van der Waals surface area (Å²) in [7, 11) is 0. The first kappa shape index (κ1) is 16.1. The van der Waals surface area contributed by atoms with Crippen molar-refractivity contribution in [3.8, 4) is 0 Å². The van der Waals surface area contributed by atoms with Crippen LogP contribution in [0.2, 0.25) is 0 Å². The van der Waals surface area contributed by atoms with Crippen molar-refractivity contribution in [2.24, 2.45) is 0 Å². The van der Waals surface area contributed by atoms with Gasteiger partial charge in [0.2, 0.25) is 5.91 Å². The number of hydrogen-bond donors (Lipinski definition) is 3. The minimum Gasteiger partial charge on any atom is -0.338 e. The molecule has 7 heteroatoms. The van der Waals surface area contributed by atoms with Crippen LogP contribution < -0.4 is 16.0 Å².